The maximum absolute atomic E-state index is 12.9. The minimum Gasteiger partial charge on any atom is -0.329 e. The summed E-state index contributed by atoms with van der Waals surface area (Å²) in [6, 6.07) is 13.7. The third-order valence-corrected chi connectivity index (χ3v) is 5.40. The van der Waals surface area contributed by atoms with E-state index >= 15 is 0 Å². The first-order valence-corrected chi connectivity index (χ1v) is 9.34. The lowest BCUT2D eigenvalue weighted by molar-refractivity contribution is -0.113. The van der Waals surface area contributed by atoms with Gasteiger partial charge in [0.05, 0.1) is 5.75 Å². The van der Waals surface area contributed by atoms with Gasteiger partial charge in [-0.25, -0.2) is 9.37 Å². The molecule has 0 aliphatic heterocycles. The van der Waals surface area contributed by atoms with Crippen LogP contribution in [0.25, 0.3) is 0 Å². The molecular formula is C18H16FN3OS2. The first kappa shape index (κ1) is 17.6. The van der Waals surface area contributed by atoms with Crippen LogP contribution in [0.1, 0.15) is 0 Å². The molecule has 0 radical (unpaired) electrons. The molecule has 0 fully saturated rings. The summed E-state index contributed by atoms with van der Waals surface area (Å²) in [7, 11) is 1.95. The Labute approximate surface area is 153 Å². The molecule has 1 N–H and O–H groups in total. The van der Waals surface area contributed by atoms with Crippen molar-refractivity contribution < 1.29 is 9.18 Å². The number of rotatable bonds is 6. The van der Waals surface area contributed by atoms with Crippen molar-refractivity contribution in [2.75, 3.05) is 11.1 Å². The molecule has 1 aromatic heterocycles. The smallest absolute Gasteiger partial charge is 0.234 e. The first-order valence-electron chi connectivity index (χ1n) is 7.53. The van der Waals surface area contributed by atoms with E-state index in [1.54, 1.807) is 30.1 Å². The summed E-state index contributed by atoms with van der Waals surface area (Å²) in [6.07, 6.45) is 3.66. The summed E-state index contributed by atoms with van der Waals surface area (Å²) in [4.78, 5) is 18.2. The van der Waals surface area contributed by atoms with Crippen molar-refractivity contribution in [3.8, 4) is 0 Å². The third-order valence-electron chi connectivity index (χ3n) is 3.31. The molecule has 0 saturated carbocycles. The van der Waals surface area contributed by atoms with Gasteiger partial charge in [-0.05, 0) is 48.5 Å². The number of hydrogen-bond donors (Lipinski definition) is 1. The molecule has 0 bridgehead atoms. The number of anilines is 1. The van der Waals surface area contributed by atoms with Crippen molar-refractivity contribution in [3.05, 3.63) is 66.7 Å². The number of hydrogen-bond acceptors (Lipinski definition) is 4. The standard InChI is InChI=1S/C18H16FN3OS2/c1-22-11-10-20-18(22)25-16-8-4-14(5-9-16)21-17(23)12-24-15-6-2-13(19)3-7-15/h2-11H,12H2,1H3,(H,21,23). The van der Waals surface area contributed by atoms with Crippen molar-refractivity contribution >= 4 is 35.1 Å². The normalized spacial score (nSPS) is 10.6. The van der Waals surface area contributed by atoms with Gasteiger partial charge in [0.25, 0.3) is 0 Å². The Kier molecular flexibility index (Phi) is 5.78. The van der Waals surface area contributed by atoms with E-state index in [0.29, 0.717) is 0 Å². The average molecular weight is 373 g/mol. The SMILES string of the molecule is Cn1ccnc1Sc1ccc(NC(=O)CSc2ccc(F)cc2)cc1. The monoisotopic (exact) mass is 373 g/mol. The second kappa shape index (κ2) is 8.22. The maximum Gasteiger partial charge on any atom is 0.234 e. The lowest BCUT2D eigenvalue weighted by Gasteiger charge is -2.07. The van der Waals surface area contributed by atoms with Crippen LogP contribution >= 0.6 is 23.5 Å². The zero-order valence-corrected chi connectivity index (χ0v) is 15.1. The number of halogens is 1. The van der Waals surface area contributed by atoms with Crippen molar-refractivity contribution in [2.45, 2.75) is 14.9 Å². The van der Waals surface area contributed by atoms with Crippen LogP contribution in [0, 0.1) is 5.82 Å². The van der Waals surface area contributed by atoms with Gasteiger partial charge in [-0.15, -0.1) is 11.8 Å². The fraction of sp³-hybridized carbons (Fsp3) is 0.111. The van der Waals surface area contributed by atoms with Crippen LogP contribution in [0.15, 0.2) is 75.9 Å². The van der Waals surface area contributed by atoms with Crippen LogP contribution < -0.4 is 5.32 Å². The number of carbonyl (C=O) groups is 1. The molecule has 25 heavy (non-hydrogen) atoms. The number of aromatic nitrogens is 2. The molecule has 3 aromatic rings. The Balaban J connectivity index is 1.51. The summed E-state index contributed by atoms with van der Waals surface area (Å²) in [5.74, 6) is -0.105. The highest BCUT2D eigenvalue weighted by Gasteiger charge is 2.06. The number of amides is 1. The van der Waals surface area contributed by atoms with Gasteiger partial charge in [-0.3, -0.25) is 4.79 Å². The van der Waals surface area contributed by atoms with E-state index in [9.17, 15) is 9.18 Å². The molecule has 0 saturated heterocycles. The number of benzene rings is 2. The van der Waals surface area contributed by atoms with Gasteiger partial charge in [0.1, 0.15) is 5.82 Å². The molecule has 128 valence electrons. The molecule has 7 heteroatoms. The maximum atomic E-state index is 12.9. The molecule has 0 unspecified atom stereocenters. The molecule has 1 heterocycles. The van der Waals surface area contributed by atoms with Crippen molar-refractivity contribution in [1.82, 2.24) is 9.55 Å². The Morgan fingerprint density at radius 3 is 2.44 bits per heavy atom. The Hall–Kier alpha value is -2.25. The van der Waals surface area contributed by atoms with Gasteiger partial charge >= 0.3 is 0 Å². The largest absolute Gasteiger partial charge is 0.329 e. The molecular weight excluding hydrogens is 357 g/mol. The van der Waals surface area contributed by atoms with Crippen LogP contribution in [0.4, 0.5) is 10.1 Å². The molecule has 0 spiro atoms. The van der Waals surface area contributed by atoms with Gasteiger partial charge in [-0.1, -0.05) is 11.8 Å². The number of aryl methyl sites for hydroxylation is 1. The molecule has 4 nitrogen and oxygen atoms in total. The fourth-order valence-electron chi connectivity index (χ4n) is 2.04. The molecule has 2 aromatic carbocycles. The van der Waals surface area contributed by atoms with Gasteiger partial charge in [0.2, 0.25) is 5.91 Å². The van der Waals surface area contributed by atoms with Crippen LogP contribution in [-0.2, 0) is 11.8 Å². The van der Waals surface area contributed by atoms with Crippen molar-refractivity contribution in [2.24, 2.45) is 7.05 Å². The molecule has 3 rings (SSSR count). The van der Waals surface area contributed by atoms with E-state index < -0.39 is 0 Å². The molecule has 0 atom stereocenters. The summed E-state index contributed by atoms with van der Waals surface area (Å²) in [5, 5.41) is 3.77. The highest BCUT2D eigenvalue weighted by Crippen LogP contribution is 2.27. The third kappa shape index (κ3) is 5.11. The van der Waals surface area contributed by atoms with Crippen LogP contribution in [0.5, 0.6) is 0 Å². The summed E-state index contributed by atoms with van der Waals surface area (Å²) in [6.45, 7) is 0. The number of nitrogens with zero attached hydrogens (tertiary/aromatic N) is 2. The molecule has 0 aliphatic rings. The molecule has 1 amide bonds. The topological polar surface area (TPSA) is 46.9 Å². The highest BCUT2D eigenvalue weighted by atomic mass is 32.2. The first-order chi connectivity index (χ1) is 12.1. The predicted octanol–water partition coefficient (Wildman–Crippen LogP) is 4.44. The fourth-order valence-corrected chi connectivity index (χ4v) is 3.54. The van der Waals surface area contributed by atoms with Crippen LogP contribution in [-0.4, -0.2) is 21.2 Å². The lowest BCUT2D eigenvalue weighted by atomic mass is 10.3. The summed E-state index contributed by atoms with van der Waals surface area (Å²) >= 11 is 2.93. The van der Waals surface area contributed by atoms with E-state index in [0.717, 1.165) is 20.6 Å². The van der Waals surface area contributed by atoms with E-state index in [1.165, 1.54) is 23.9 Å². The van der Waals surface area contributed by atoms with Gasteiger partial charge < -0.3 is 9.88 Å². The summed E-state index contributed by atoms with van der Waals surface area (Å²) in [5.41, 5.74) is 0.744. The highest BCUT2D eigenvalue weighted by molar-refractivity contribution is 8.00. The number of thioether (sulfide) groups is 1. The van der Waals surface area contributed by atoms with E-state index in [4.69, 9.17) is 0 Å². The van der Waals surface area contributed by atoms with Crippen LogP contribution in [0.2, 0.25) is 0 Å². The van der Waals surface area contributed by atoms with Gasteiger partial charge in [-0.2, -0.15) is 0 Å². The van der Waals surface area contributed by atoms with Crippen molar-refractivity contribution in [1.29, 1.82) is 0 Å². The number of imidazole rings is 1. The molecule has 0 aliphatic carbocycles. The Bertz CT molecular complexity index is 848. The van der Waals surface area contributed by atoms with Crippen molar-refractivity contribution in [3.63, 3.8) is 0 Å². The van der Waals surface area contributed by atoms with E-state index in [2.05, 4.69) is 10.3 Å². The quantitative estimate of drug-likeness (QED) is 0.649. The van der Waals surface area contributed by atoms with Crippen LogP contribution in [0.3, 0.4) is 0 Å². The van der Waals surface area contributed by atoms with E-state index in [-0.39, 0.29) is 17.5 Å². The predicted molar refractivity (Wildman–Crippen MR) is 99.5 cm³/mol. The Morgan fingerprint density at radius 1 is 1.12 bits per heavy atom. The second-order valence-electron chi connectivity index (χ2n) is 5.24. The second-order valence-corrected chi connectivity index (χ2v) is 7.33. The minimum absolute atomic E-state index is 0.0983. The minimum atomic E-state index is -0.280. The summed E-state index contributed by atoms with van der Waals surface area (Å²) < 4.78 is 14.8. The number of carbonyl (C=O) groups excluding carboxylic acids is 1. The zero-order chi connectivity index (χ0) is 17.6. The average Bonchev–Trinajstić information content (AvgIpc) is 3.01. The Morgan fingerprint density at radius 2 is 1.80 bits per heavy atom. The van der Waals surface area contributed by atoms with Gasteiger partial charge in [0.15, 0.2) is 5.16 Å². The lowest BCUT2D eigenvalue weighted by Crippen LogP contribution is -2.13. The number of nitrogens with one attached hydrogen (secondary N) is 1. The zero-order valence-electron chi connectivity index (χ0n) is 13.5. The van der Waals surface area contributed by atoms with E-state index in [1.807, 2.05) is 42.1 Å². The van der Waals surface area contributed by atoms with Gasteiger partial charge in [0, 0.05) is 34.9 Å².